The van der Waals surface area contributed by atoms with Crippen molar-refractivity contribution in [3.05, 3.63) is 24.1 Å². The number of amides is 1. The highest BCUT2D eigenvalue weighted by molar-refractivity contribution is 5.79. The second-order valence-corrected chi connectivity index (χ2v) is 7.51. The maximum absolute atomic E-state index is 12.9. The van der Waals surface area contributed by atoms with Crippen LogP contribution in [0.2, 0.25) is 0 Å². The van der Waals surface area contributed by atoms with Gasteiger partial charge in [-0.3, -0.25) is 4.79 Å². The first-order valence-corrected chi connectivity index (χ1v) is 9.83. The van der Waals surface area contributed by atoms with E-state index in [-0.39, 0.29) is 17.5 Å². The van der Waals surface area contributed by atoms with Gasteiger partial charge in [-0.05, 0) is 45.0 Å². The number of likely N-dealkylation sites (N-methyl/N-ethyl adjacent to an activating group) is 1. The average Bonchev–Trinajstić information content (AvgIpc) is 3.35. The van der Waals surface area contributed by atoms with Crippen LogP contribution < -0.4 is 4.90 Å². The van der Waals surface area contributed by atoms with Gasteiger partial charge in [0.05, 0.1) is 6.26 Å². The first kappa shape index (κ1) is 18.6. The van der Waals surface area contributed by atoms with Crippen LogP contribution in [0.1, 0.15) is 25.0 Å². The van der Waals surface area contributed by atoms with Crippen LogP contribution in [-0.4, -0.2) is 67.0 Å². The predicted octanol–water partition coefficient (Wildman–Crippen LogP) is 2.19. The van der Waals surface area contributed by atoms with Crippen molar-refractivity contribution in [1.82, 2.24) is 14.8 Å². The number of piperidine rings is 1. The number of rotatable bonds is 3. The van der Waals surface area contributed by atoms with Crippen LogP contribution in [0.25, 0.3) is 11.7 Å². The number of carbonyl (C=O) groups is 1. The topological polar surface area (TPSA) is 89.8 Å². The minimum Gasteiger partial charge on any atom is -0.459 e. The summed E-state index contributed by atoms with van der Waals surface area (Å²) in [6.45, 7) is 4.98. The van der Waals surface area contributed by atoms with E-state index in [1.807, 2.05) is 9.80 Å². The molecule has 2 fully saturated rings. The lowest BCUT2D eigenvalue weighted by atomic mass is 9.95. The number of nitriles is 1. The number of aromatic nitrogens is 1. The van der Waals surface area contributed by atoms with Crippen molar-refractivity contribution < 1.29 is 13.6 Å². The Bertz CT molecular complexity index is 846. The van der Waals surface area contributed by atoms with Gasteiger partial charge in [-0.15, -0.1) is 0 Å². The Morgan fingerprint density at radius 2 is 2.04 bits per heavy atom. The van der Waals surface area contributed by atoms with E-state index in [9.17, 15) is 10.1 Å². The second kappa shape index (κ2) is 8.07. The van der Waals surface area contributed by atoms with Crippen LogP contribution in [0.4, 0.5) is 5.88 Å². The van der Waals surface area contributed by atoms with Gasteiger partial charge >= 0.3 is 0 Å². The van der Waals surface area contributed by atoms with Gasteiger partial charge in [-0.2, -0.15) is 10.2 Å². The summed E-state index contributed by atoms with van der Waals surface area (Å²) in [5.41, 5.74) is 0.256. The Balaban J connectivity index is 1.40. The summed E-state index contributed by atoms with van der Waals surface area (Å²) >= 11 is 0. The van der Waals surface area contributed by atoms with E-state index in [4.69, 9.17) is 8.83 Å². The fourth-order valence-electron chi connectivity index (χ4n) is 3.96. The molecule has 0 aromatic carbocycles. The first-order chi connectivity index (χ1) is 13.7. The highest BCUT2D eigenvalue weighted by Gasteiger charge is 2.31. The molecule has 2 aromatic heterocycles. The molecule has 0 radical (unpaired) electrons. The average molecular weight is 383 g/mol. The highest BCUT2D eigenvalue weighted by atomic mass is 16.4. The Labute approximate surface area is 164 Å². The normalized spacial score (nSPS) is 19.4. The third kappa shape index (κ3) is 3.76. The lowest BCUT2D eigenvalue weighted by Crippen LogP contribution is -2.43. The van der Waals surface area contributed by atoms with Gasteiger partial charge < -0.3 is 23.5 Å². The first-order valence-electron chi connectivity index (χ1n) is 9.83. The summed E-state index contributed by atoms with van der Waals surface area (Å²) in [6, 6.07) is 5.61. The van der Waals surface area contributed by atoms with E-state index >= 15 is 0 Å². The molecule has 2 saturated heterocycles. The van der Waals surface area contributed by atoms with Gasteiger partial charge in [-0.1, -0.05) is 0 Å². The molecule has 2 aliphatic rings. The molecular formula is C20H25N5O3. The number of hydrogen-bond acceptors (Lipinski definition) is 7. The van der Waals surface area contributed by atoms with Crippen LogP contribution in [0.15, 0.2) is 27.2 Å². The summed E-state index contributed by atoms with van der Waals surface area (Å²) in [4.78, 5) is 23.5. The van der Waals surface area contributed by atoms with Crippen LogP contribution in [-0.2, 0) is 4.79 Å². The van der Waals surface area contributed by atoms with Gasteiger partial charge in [0.1, 0.15) is 6.07 Å². The van der Waals surface area contributed by atoms with Crippen LogP contribution in [0.5, 0.6) is 0 Å². The van der Waals surface area contributed by atoms with Gasteiger partial charge in [0.25, 0.3) is 5.89 Å². The van der Waals surface area contributed by atoms with Gasteiger partial charge in [-0.25, -0.2) is 0 Å². The lowest BCUT2D eigenvalue weighted by molar-refractivity contribution is -0.136. The summed E-state index contributed by atoms with van der Waals surface area (Å²) in [5.74, 6) is 1.58. The molecule has 0 atom stereocenters. The molecule has 8 nitrogen and oxygen atoms in total. The number of carbonyl (C=O) groups excluding carboxylic acids is 1. The summed E-state index contributed by atoms with van der Waals surface area (Å²) in [5, 5.41) is 9.42. The van der Waals surface area contributed by atoms with Crippen molar-refractivity contribution in [2.75, 3.05) is 51.2 Å². The molecule has 2 aliphatic heterocycles. The van der Waals surface area contributed by atoms with Crippen molar-refractivity contribution in [1.29, 1.82) is 5.26 Å². The van der Waals surface area contributed by atoms with Crippen molar-refractivity contribution in [2.45, 2.75) is 19.3 Å². The fourth-order valence-corrected chi connectivity index (χ4v) is 3.96. The largest absolute Gasteiger partial charge is 0.459 e. The molecule has 4 rings (SSSR count). The zero-order chi connectivity index (χ0) is 19.5. The fraction of sp³-hybridized carbons (Fsp3) is 0.550. The number of furan rings is 1. The van der Waals surface area contributed by atoms with E-state index < -0.39 is 0 Å². The van der Waals surface area contributed by atoms with E-state index in [1.54, 1.807) is 18.4 Å². The molecular weight excluding hydrogens is 358 g/mol. The molecule has 0 N–H and O–H groups in total. The van der Waals surface area contributed by atoms with Crippen molar-refractivity contribution in [2.24, 2.45) is 5.92 Å². The molecule has 0 saturated carbocycles. The molecule has 2 aromatic rings. The number of hydrogen-bond donors (Lipinski definition) is 0. The third-order valence-corrected chi connectivity index (χ3v) is 5.61. The van der Waals surface area contributed by atoms with E-state index in [1.165, 1.54) is 0 Å². The van der Waals surface area contributed by atoms with Gasteiger partial charge in [0, 0.05) is 38.6 Å². The van der Waals surface area contributed by atoms with Crippen LogP contribution >= 0.6 is 0 Å². The summed E-state index contributed by atoms with van der Waals surface area (Å²) in [7, 11) is 2.10. The molecule has 0 aliphatic carbocycles. The zero-order valence-corrected chi connectivity index (χ0v) is 16.1. The van der Waals surface area contributed by atoms with Crippen molar-refractivity contribution >= 4 is 11.8 Å². The van der Waals surface area contributed by atoms with Crippen LogP contribution in [0, 0.1) is 17.2 Å². The Morgan fingerprint density at radius 1 is 1.21 bits per heavy atom. The smallest absolute Gasteiger partial charge is 0.266 e. The summed E-state index contributed by atoms with van der Waals surface area (Å²) in [6.07, 6.45) is 4.09. The van der Waals surface area contributed by atoms with Crippen molar-refractivity contribution in [3.63, 3.8) is 0 Å². The maximum Gasteiger partial charge on any atom is 0.266 e. The quantitative estimate of drug-likeness (QED) is 0.802. The molecule has 0 spiro atoms. The minimum absolute atomic E-state index is 0.0395. The van der Waals surface area contributed by atoms with E-state index in [0.717, 1.165) is 45.4 Å². The lowest BCUT2D eigenvalue weighted by Gasteiger charge is -2.33. The third-order valence-electron chi connectivity index (χ3n) is 5.61. The SMILES string of the molecule is CN1CCCN(C(=O)C2CCN(c3oc(-c4ccco4)nc3C#N)CC2)CC1. The highest BCUT2D eigenvalue weighted by Crippen LogP contribution is 2.31. The number of oxazole rings is 1. The molecule has 0 bridgehead atoms. The van der Waals surface area contributed by atoms with E-state index in [0.29, 0.717) is 30.6 Å². The van der Waals surface area contributed by atoms with Crippen molar-refractivity contribution in [3.8, 4) is 17.7 Å². The zero-order valence-electron chi connectivity index (χ0n) is 16.1. The van der Waals surface area contributed by atoms with Crippen LogP contribution in [0.3, 0.4) is 0 Å². The monoisotopic (exact) mass is 383 g/mol. The van der Waals surface area contributed by atoms with Gasteiger partial charge in [0.2, 0.25) is 17.5 Å². The molecule has 8 heteroatoms. The van der Waals surface area contributed by atoms with E-state index in [2.05, 4.69) is 23.0 Å². The molecule has 148 valence electrons. The molecule has 28 heavy (non-hydrogen) atoms. The number of anilines is 1. The predicted molar refractivity (Wildman–Crippen MR) is 103 cm³/mol. The van der Waals surface area contributed by atoms with Gasteiger partial charge in [0.15, 0.2) is 5.76 Å². The maximum atomic E-state index is 12.9. The Morgan fingerprint density at radius 3 is 2.75 bits per heavy atom. The minimum atomic E-state index is 0.0395. The Kier molecular flexibility index (Phi) is 5.35. The molecule has 4 heterocycles. The standard InChI is InChI=1S/C20H25N5O3/c1-23-7-3-8-24(12-11-23)19(26)15-5-9-25(10-6-15)20-16(14-21)22-18(28-20)17-4-2-13-27-17/h2,4,13,15H,3,5-12H2,1H3. The molecule has 0 unspecified atom stereocenters. The Hall–Kier alpha value is -2.79. The summed E-state index contributed by atoms with van der Waals surface area (Å²) < 4.78 is 11.1. The number of nitrogens with zero attached hydrogens (tertiary/aromatic N) is 5. The second-order valence-electron chi connectivity index (χ2n) is 7.51. The molecule has 1 amide bonds.